The maximum atomic E-state index is 6.19. The summed E-state index contributed by atoms with van der Waals surface area (Å²) < 4.78 is 5.72. The van der Waals surface area contributed by atoms with Crippen LogP contribution in [0.25, 0.3) is 11.3 Å². The maximum Gasteiger partial charge on any atom is 0.267 e. The lowest BCUT2D eigenvalue weighted by Crippen LogP contribution is -2.31. The molecule has 0 radical (unpaired) electrons. The van der Waals surface area contributed by atoms with E-state index >= 15 is 0 Å². The van der Waals surface area contributed by atoms with Gasteiger partial charge in [-0.25, -0.2) is 5.01 Å². The van der Waals surface area contributed by atoms with Crippen LogP contribution < -0.4 is 21.3 Å². The van der Waals surface area contributed by atoms with E-state index in [-0.39, 0.29) is 6.04 Å². The summed E-state index contributed by atoms with van der Waals surface area (Å²) in [4.78, 5) is 4.76. The van der Waals surface area contributed by atoms with E-state index in [9.17, 15) is 0 Å². The van der Waals surface area contributed by atoms with E-state index in [0.717, 1.165) is 28.1 Å². The minimum Gasteiger partial charge on any atom is -0.336 e. The summed E-state index contributed by atoms with van der Waals surface area (Å²) in [5.74, 6) is 1.43. The average Bonchev–Trinajstić information content (AvgIpc) is 3.50. The van der Waals surface area contributed by atoms with Gasteiger partial charge >= 0.3 is 0 Å². The van der Waals surface area contributed by atoms with E-state index in [2.05, 4.69) is 31.6 Å². The molecule has 9 nitrogen and oxygen atoms in total. The van der Waals surface area contributed by atoms with Gasteiger partial charge in [0.2, 0.25) is 5.88 Å². The number of hydrazine groups is 2. The van der Waals surface area contributed by atoms with Crippen LogP contribution in [0.15, 0.2) is 89.5 Å². The number of aryl methyl sites for hydroxylation is 1. The number of halogens is 1. The van der Waals surface area contributed by atoms with Gasteiger partial charge in [-0.05, 0) is 36.8 Å². The van der Waals surface area contributed by atoms with Crippen LogP contribution in [0.1, 0.15) is 22.9 Å². The van der Waals surface area contributed by atoms with Gasteiger partial charge in [0.05, 0.1) is 11.3 Å². The predicted octanol–water partition coefficient (Wildman–Crippen LogP) is 5.86. The van der Waals surface area contributed by atoms with Crippen LogP contribution in [-0.2, 0) is 0 Å². The maximum absolute atomic E-state index is 6.19. The van der Waals surface area contributed by atoms with Crippen LogP contribution in [0.4, 0.5) is 23.3 Å². The molecule has 0 saturated heterocycles. The summed E-state index contributed by atoms with van der Waals surface area (Å²) in [5.41, 5.74) is 14.6. The van der Waals surface area contributed by atoms with E-state index in [1.54, 1.807) is 0 Å². The summed E-state index contributed by atoms with van der Waals surface area (Å²) >= 11 is 6.19. The fourth-order valence-corrected chi connectivity index (χ4v) is 4.23. The van der Waals surface area contributed by atoms with Crippen LogP contribution in [-0.4, -0.2) is 20.3 Å². The zero-order valence-corrected chi connectivity index (χ0v) is 19.9. The van der Waals surface area contributed by atoms with Crippen LogP contribution in [0.3, 0.4) is 0 Å². The Bertz CT molecular complexity index is 1490. The van der Waals surface area contributed by atoms with Crippen molar-refractivity contribution >= 4 is 34.9 Å². The van der Waals surface area contributed by atoms with Crippen molar-refractivity contribution in [1.29, 1.82) is 0 Å². The molecule has 3 heterocycles. The molecule has 0 amide bonds. The topological polar surface area (TPSA) is 104 Å². The summed E-state index contributed by atoms with van der Waals surface area (Å²) in [6.07, 6.45) is 0. The Morgan fingerprint density at radius 1 is 0.889 bits per heavy atom. The SMILES string of the molecule is Cc1nnc(N2Nc3onc(-c4ccccc4)c3C2c2ccc(Cl)cc2)nc1NNc1ccccc1. The van der Waals surface area contributed by atoms with E-state index < -0.39 is 0 Å². The summed E-state index contributed by atoms with van der Waals surface area (Å²) in [7, 11) is 0. The van der Waals surface area contributed by atoms with Crippen LogP contribution in [0.2, 0.25) is 5.02 Å². The molecule has 2 aromatic heterocycles. The number of para-hydroxylation sites is 1. The molecule has 0 spiro atoms. The molecule has 3 aromatic carbocycles. The second-order valence-electron chi connectivity index (χ2n) is 8.24. The van der Waals surface area contributed by atoms with Gasteiger partial charge in [0.1, 0.15) is 17.4 Å². The Balaban J connectivity index is 1.39. The predicted molar refractivity (Wildman–Crippen MR) is 140 cm³/mol. The monoisotopic (exact) mass is 496 g/mol. The first-order valence-corrected chi connectivity index (χ1v) is 11.7. The highest BCUT2D eigenvalue weighted by Gasteiger charge is 2.40. The van der Waals surface area contributed by atoms with Gasteiger partial charge in [-0.15, -0.1) is 10.2 Å². The third-order valence-electron chi connectivity index (χ3n) is 5.87. The van der Waals surface area contributed by atoms with Gasteiger partial charge in [0, 0.05) is 10.6 Å². The van der Waals surface area contributed by atoms with Crippen molar-refractivity contribution in [2.45, 2.75) is 13.0 Å². The first kappa shape index (κ1) is 21.9. The molecule has 1 aliphatic rings. The minimum atomic E-state index is -0.335. The van der Waals surface area contributed by atoms with Crippen molar-refractivity contribution in [2.75, 3.05) is 21.3 Å². The Kier molecular flexibility index (Phi) is 5.59. The number of rotatable bonds is 6. The fourth-order valence-electron chi connectivity index (χ4n) is 4.11. The molecule has 5 aromatic rings. The normalized spacial score (nSPS) is 14.3. The smallest absolute Gasteiger partial charge is 0.267 e. The molecule has 0 fully saturated rings. The number of benzene rings is 3. The molecule has 36 heavy (non-hydrogen) atoms. The van der Waals surface area contributed by atoms with E-state index in [1.807, 2.05) is 96.9 Å². The highest BCUT2D eigenvalue weighted by Crippen LogP contribution is 2.46. The fraction of sp³-hybridized carbons (Fsp3) is 0.0769. The van der Waals surface area contributed by atoms with Crippen LogP contribution >= 0.6 is 11.6 Å². The zero-order valence-electron chi connectivity index (χ0n) is 19.2. The Hall–Kier alpha value is -4.63. The Morgan fingerprint density at radius 2 is 1.61 bits per heavy atom. The summed E-state index contributed by atoms with van der Waals surface area (Å²) in [6.45, 7) is 1.84. The second kappa shape index (κ2) is 9.20. The molecule has 0 bridgehead atoms. The van der Waals surface area contributed by atoms with E-state index in [0.29, 0.717) is 28.4 Å². The van der Waals surface area contributed by atoms with Crippen molar-refractivity contribution in [3.8, 4) is 11.3 Å². The minimum absolute atomic E-state index is 0.335. The standard InChI is InChI=1S/C26H21ClN8O/c1-16-24(31-30-20-10-6-3-7-11-20)28-26(32-29-16)35-23(18-12-14-19(27)15-13-18)21-22(34-36-25(21)33-35)17-8-4-2-5-9-17/h2-15,23,30,33H,1H3,(H,28,31,32). The van der Waals surface area contributed by atoms with Crippen molar-refractivity contribution < 1.29 is 4.52 Å². The van der Waals surface area contributed by atoms with Gasteiger partial charge in [0.15, 0.2) is 5.82 Å². The Morgan fingerprint density at radius 3 is 2.36 bits per heavy atom. The van der Waals surface area contributed by atoms with Gasteiger partial charge in [-0.1, -0.05) is 77.4 Å². The van der Waals surface area contributed by atoms with Gasteiger partial charge in [0.25, 0.3) is 5.95 Å². The number of hydrogen-bond acceptors (Lipinski definition) is 9. The number of hydrogen-bond donors (Lipinski definition) is 3. The largest absolute Gasteiger partial charge is 0.336 e. The summed E-state index contributed by atoms with van der Waals surface area (Å²) in [6, 6.07) is 27.0. The molecule has 178 valence electrons. The van der Waals surface area contributed by atoms with E-state index in [1.165, 1.54) is 0 Å². The lowest BCUT2D eigenvalue weighted by molar-refractivity contribution is 0.435. The first-order chi connectivity index (χ1) is 17.7. The molecule has 1 atom stereocenters. The van der Waals surface area contributed by atoms with Crippen molar-refractivity contribution in [3.05, 3.63) is 107 Å². The highest BCUT2D eigenvalue weighted by atomic mass is 35.5. The van der Waals surface area contributed by atoms with Gasteiger partial charge < -0.3 is 4.52 Å². The second-order valence-corrected chi connectivity index (χ2v) is 8.67. The molecular weight excluding hydrogens is 476 g/mol. The molecule has 3 N–H and O–H groups in total. The van der Waals surface area contributed by atoms with Crippen molar-refractivity contribution in [3.63, 3.8) is 0 Å². The van der Waals surface area contributed by atoms with Crippen molar-refractivity contribution in [1.82, 2.24) is 20.3 Å². The highest BCUT2D eigenvalue weighted by molar-refractivity contribution is 6.30. The number of anilines is 4. The summed E-state index contributed by atoms with van der Waals surface area (Å²) in [5, 5.41) is 15.6. The first-order valence-electron chi connectivity index (χ1n) is 11.3. The number of aromatic nitrogens is 4. The third kappa shape index (κ3) is 4.05. The Labute approximate surface area is 212 Å². The molecule has 6 rings (SSSR count). The lowest BCUT2D eigenvalue weighted by atomic mass is 9.96. The molecule has 1 aliphatic heterocycles. The van der Waals surface area contributed by atoms with E-state index in [4.69, 9.17) is 21.1 Å². The van der Waals surface area contributed by atoms with Crippen molar-refractivity contribution in [2.24, 2.45) is 0 Å². The lowest BCUT2D eigenvalue weighted by Gasteiger charge is -2.25. The molecule has 1 unspecified atom stereocenters. The number of fused-ring (bicyclic) bond motifs is 1. The molecule has 0 aliphatic carbocycles. The average molecular weight is 497 g/mol. The zero-order chi connectivity index (χ0) is 24.5. The van der Waals surface area contributed by atoms with Crippen LogP contribution in [0.5, 0.6) is 0 Å². The number of nitrogens with one attached hydrogen (secondary N) is 3. The van der Waals surface area contributed by atoms with Gasteiger partial charge in [-0.3, -0.25) is 16.3 Å². The van der Waals surface area contributed by atoms with Gasteiger partial charge in [-0.2, -0.15) is 4.98 Å². The number of nitrogens with zero attached hydrogens (tertiary/aromatic N) is 5. The quantitative estimate of drug-likeness (QED) is 0.249. The molecule has 0 saturated carbocycles. The van der Waals surface area contributed by atoms with Crippen LogP contribution in [0, 0.1) is 6.92 Å². The third-order valence-corrected chi connectivity index (χ3v) is 6.12. The molecule has 10 heteroatoms. The molecular formula is C26H21ClN8O.